The molecule has 4 heteroatoms. The van der Waals surface area contributed by atoms with Crippen molar-refractivity contribution in [3.05, 3.63) is 48.0 Å². The van der Waals surface area contributed by atoms with Crippen LogP contribution in [0, 0.1) is 0 Å². The summed E-state index contributed by atoms with van der Waals surface area (Å²) in [6, 6.07) is 10.6. The monoisotopic (exact) mass is 354 g/mol. The molecule has 118 valence electrons. The van der Waals surface area contributed by atoms with E-state index >= 15 is 0 Å². The van der Waals surface area contributed by atoms with Gasteiger partial charge in [-0.25, -0.2) is 0 Å². The third-order valence-corrected chi connectivity index (χ3v) is 3.32. The fourth-order valence-electron chi connectivity index (χ4n) is 2.17. The third-order valence-electron chi connectivity index (χ3n) is 3.32. The van der Waals surface area contributed by atoms with Gasteiger partial charge in [-0.1, -0.05) is 36.9 Å². The normalized spacial score (nSPS) is 10.6. The van der Waals surface area contributed by atoms with Crippen LogP contribution in [0.4, 0.5) is 0 Å². The number of rotatable bonds is 8. The Balaban J connectivity index is 0.00000400. The maximum absolute atomic E-state index is 11.3. The van der Waals surface area contributed by atoms with Crippen LogP contribution in [-0.4, -0.2) is 37.6 Å². The van der Waals surface area contributed by atoms with Gasteiger partial charge in [-0.15, -0.1) is 0 Å². The zero-order valence-corrected chi connectivity index (χ0v) is 14.9. The highest BCUT2D eigenvalue weighted by Gasteiger charge is 2.15. The molecule has 3 nitrogen and oxygen atoms in total. The van der Waals surface area contributed by atoms with Crippen molar-refractivity contribution in [2.75, 3.05) is 27.2 Å². The summed E-state index contributed by atoms with van der Waals surface area (Å²) < 4.78 is 0.971. The van der Waals surface area contributed by atoms with Crippen molar-refractivity contribution in [2.45, 2.75) is 26.3 Å². The van der Waals surface area contributed by atoms with Gasteiger partial charge in [0.2, 0.25) is 5.91 Å². The minimum absolute atomic E-state index is 0. The molecule has 0 spiro atoms. The Morgan fingerprint density at radius 1 is 1.19 bits per heavy atom. The topological polar surface area (TPSA) is 29.1 Å². The number of nitrogens with zero attached hydrogens (tertiary/aromatic N) is 1. The van der Waals surface area contributed by atoms with Gasteiger partial charge in [0.25, 0.3) is 0 Å². The van der Waals surface area contributed by atoms with E-state index < -0.39 is 0 Å². The summed E-state index contributed by atoms with van der Waals surface area (Å²) in [5, 5.41) is 2.87. The first-order valence-corrected chi connectivity index (χ1v) is 7.20. The summed E-state index contributed by atoms with van der Waals surface area (Å²) in [5.74, 6) is -0.0389. The van der Waals surface area contributed by atoms with Gasteiger partial charge in [0.1, 0.15) is 6.54 Å². The van der Waals surface area contributed by atoms with E-state index in [2.05, 4.69) is 50.3 Å². The molecule has 1 amide bonds. The van der Waals surface area contributed by atoms with Crippen LogP contribution in [0.25, 0.3) is 0 Å². The van der Waals surface area contributed by atoms with Crippen molar-refractivity contribution >= 4 is 5.91 Å². The quantitative estimate of drug-likeness (QED) is 0.389. The molecule has 0 unspecified atom stereocenters. The van der Waals surface area contributed by atoms with E-state index in [-0.39, 0.29) is 22.9 Å². The molecule has 0 atom stereocenters. The third kappa shape index (κ3) is 8.68. The van der Waals surface area contributed by atoms with E-state index in [1.54, 1.807) is 6.92 Å². The van der Waals surface area contributed by atoms with E-state index in [1.165, 1.54) is 5.56 Å². The SMILES string of the molecule is C=C(C)C(=O)NCCCC[N+](C)(C)Cc1ccccc1.[Br-]. The first kappa shape index (κ1) is 19.9. The molecular weight excluding hydrogens is 328 g/mol. The molecule has 1 rings (SSSR count). The number of amides is 1. The number of benzene rings is 1. The Morgan fingerprint density at radius 3 is 2.38 bits per heavy atom. The molecule has 0 saturated heterocycles. The molecule has 21 heavy (non-hydrogen) atoms. The molecule has 0 aliphatic carbocycles. The molecule has 1 aromatic rings. The number of hydrogen-bond acceptors (Lipinski definition) is 1. The molecule has 0 fully saturated rings. The number of halogens is 1. The van der Waals surface area contributed by atoms with Crippen molar-refractivity contribution in [1.29, 1.82) is 0 Å². The molecule has 1 aromatic carbocycles. The van der Waals surface area contributed by atoms with E-state index in [1.807, 2.05) is 6.07 Å². The number of carbonyl (C=O) groups is 1. The molecule has 0 radical (unpaired) electrons. The van der Waals surface area contributed by atoms with Gasteiger partial charge >= 0.3 is 0 Å². The van der Waals surface area contributed by atoms with Crippen LogP contribution in [-0.2, 0) is 11.3 Å². The average molecular weight is 355 g/mol. The second-order valence-corrected chi connectivity index (χ2v) is 6.05. The fraction of sp³-hybridized carbons (Fsp3) is 0.471. The van der Waals surface area contributed by atoms with Crippen molar-refractivity contribution in [2.24, 2.45) is 0 Å². The molecular formula is C17H27BrN2O. The van der Waals surface area contributed by atoms with Crippen molar-refractivity contribution in [3.8, 4) is 0 Å². The van der Waals surface area contributed by atoms with E-state index in [0.29, 0.717) is 5.57 Å². The Hall–Kier alpha value is -1.13. The lowest BCUT2D eigenvalue weighted by Gasteiger charge is -2.30. The predicted octanol–water partition coefficient (Wildman–Crippen LogP) is -0.260. The second kappa shape index (κ2) is 9.74. The number of hydrogen-bond donors (Lipinski definition) is 1. The average Bonchev–Trinajstić information content (AvgIpc) is 2.38. The highest BCUT2D eigenvalue weighted by molar-refractivity contribution is 5.91. The molecule has 0 saturated carbocycles. The summed E-state index contributed by atoms with van der Waals surface area (Å²) in [7, 11) is 4.50. The second-order valence-electron chi connectivity index (χ2n) is 6.05. The maximum Gasteiger partial charge on any atom is 0.246 e. The lowest BCUT2D eigenvalue weighted by molar-refractivity contribution is -0.903. The van der Waals surface area contributed by atoms with Crippen molar-refractivity contribution < 1.29 is 26.3 Å². The van der Waals surface area contributed by atoms with Crippen LogP contribution >= 0.6 is 0 Å². The van der Waals surface area contributed by atoms with Crippen LogP contribution in [0.5, 0.6) is 0 Å². The van der Waals surface area contributed by atoms with E-state index in [0.717, 1.165) is 37.0 Å². The van der Waals surface area contributed by atoms with Gasteiger partial charge in [-0.2, -0.15) is 0 Å². The first-order chi connectivity index (χ1) is 9.41. The molecule has 0 aliphatic rings. The van der Waals surface area contributed by atoms with Gasteiger partial charge in [-0.05, 0) is 19.8 Å². The molecule has 1 N–H and O–H groups in total. The van der Waals surface area contributed by atoms with Gasteiger partial charge < -0.3 is 26.8 Å². The lowest BCUT2D eigenvalue weighted by Crippen LogP contribution is -3.00. The Bertz CT molecular complexity index is 443. The van der Waals surface area contributed by atoms with Crippen molar-refractivity contribution in [3.63, 3.8) is 0 Å². The van der Waals surface area contributed by atoms with Crippen LogP contribution in [0.15, 0.2) is 42.5 Å². The highest BCUT2D eigenvalue weighted by atomic mass is 79.9. The zero-order chi connectivity index (χ0) is 15.0. The molecule has 0 aromatic heterocycles. The predicted molar refractivity (Wildman–Crippen MR) is 84.2 cm³/mol. The Morgan fingerprint density at radius 2 is 1.81 bits per heavy atom. The van der Waals surface area contributed by atoms with Crippen LogP contribution < -0.4 is 22.3 Å². The standard InChI is InChI=1S/C17H26N2O.BrH/c1-15(2)17(20)18-12-8-9-13-19(3,4)14-16-10-6-5-7-11-16;/h5-7,10-11H,1,8-9,12-14H2,2-4H3;1H. The largest absolute Gasteiger partial charge is 1.00 e. The summed E-state index contributed by atoms with van der Waals surface area (Å²) in [6.07, 6.45) is 2.12. The van der Waals surface area contributed by atoms with Crippen LogP contribution in [0.2, 0.25) is 0 Å². The van der Waals surface area contributed by atoms with Crippen molar-refractivity contribution in [1.82, 2.24) is 5.32 Å². The van der Waals surface area contributed by atoms with E-state index in [4.69, 9.17) is 0 Å². The summed E-state index contributed by atoms with van der Waals surface area (Å²) in [6.45, 7) is 8.24. The lowest BCUT2D eigenvalue weighted by atomic mass is 10.2. The van der Waals surface area contributed by atoms with Crippen LogP contribution in [0.3, 0.4) is 0 Å². The van der Waals surface area contributed by atoms with E-state index in [9.17, 15) is 4.79 Å². The molecule has 0 aliphatic heterocycles. The number of quaternary nitrogens is 1. The summed E-state index contributed by atoms with van der Waals surface area (Å²) in [5.41, 5.74) is 1.94. The Kier molecular flexibility index (Phi) is 9.22. The van der Waals surface area contributed by atoms with Crippen LogP contribution in [0.1, 0.15) is 25.3 Å². The summed E-state index contributed by atoms with van der Waals surface area (Å²) >= 11 is 0. The van der Waals surface area contributed by atoms with Gasteiger partial charge in [-0.3, -0.25) is 4.79 Å². The highest BCUT2D eigenvalue weighted by Crippen LogP contribution is 2.10. The molecule has 0 bridgehead atoms. The number of carbonyl (C=O) groups excluding carboxylic acids is 1. The Labute approximate surface area is 139 Å². The number of nitrogens with one attached hydrogen (secondary N) is 1. The van der Waals surface area contributed by atoms with Gasteiger partial charge in [0.15, 0.2) is 0 Å². The number of unbranched alkanes of at least 4 members (excludes halogenated alkanes) is 1. The molecule has 0 heterocycles. The fourth-order valence-corrected chi connectivity index (χ4v) is 2.17. The smallest absolute Gasteiger partial charge is 0.246 e. The zero-order valence-electron chi connectivity index (χ0n) is 13.4. The summed E-state index contributed by atoms with van der Waals surface area (Å²) in [4.78, 5) is 11.3. The first-order valence-electron chi connectivity index (χ1n) is 7.20. The minimum Gasteiger partial charge on any atom is -1.00 e. The minimum atomic E-state index is -0.0389. The maximum atomic E-state index is 11.3. The van der Waals surface area contributed by atoms with Gasteiger partial charge in [0.05, 0.1) is 20.6 Å². The van der Waals surface area contributed by atoms with Gasteiger partial charge in [0, 0.05) is 17.7 Å².